The van der Waals surface area contributed by atoms with Crippen molar-refractivity contribution in [2.45, 2.75) is 69.7 Å². The lowest BCUT2D eigenvalue weighted by Crippen LogP contribution is -2.39. The Morgan fingerprint density at radius 2 is 1.73 bits per heavy atom. The van der Waals surface area contributed by atoms with Crippen molar-refractivity contribution in [3.63, 3.8) is 0 Å². The van der Waals surface area contributed by atoms with E-state index < -0.39 is 10.0 Å². The van der Waals surface area contributed by atoms with Crippen LogP contribution < -0.4 is 0 Å². The predicted molar refractivity (Wildman–Crippen MR) is 170 cm³/mol. The maximum Gasteiger partial charge on any atom is 0.266 e. The first-order chi connectivity index (χ1) is 19.8. The van der Waals surface area contributed by atoms with E-state index in [2.05, 4.69) is 0 Å². The van der Waals surface area contributed by atoms with Gasteiger partial charge in [0.1, 0.15) is 10.0 Å². The van der Waals surface area contributed by atoms with Gasteiger partial charge in [0, 0.05) is 36.5 Å². The van der Waals surface area contributed by atoms with E-state index >= 15 is 0 Å². The number of hydrogen-bond donors (Lipinski definition) is 0. The van der Waals surface area contributed by atoms with Crippen molar-refractivity contribution in [3.8, 4) is 16.9 Å². The molecule has 41 heavy (non-hydrogen) atoms. The van der Waals surface area contributed by atoms with Gasteiger partial charge in [-0.1, -0.05) is 87.4 Å². The Kier molecular flexibility index (Phi) is 9.43. The number of sulfonamides is 1. The molecule has 2 heterocycles. The monoisotopic (exact) mass is 608 g/mol. The van der Waals surface area contributed by atoms with Gasteiger partial charge in [-0.25, -0.2) is 13.1 Å². The Hall–Kier alpha value is -2.79. The van der Waals surface area contributed by atoms with Crippen molar-refractivity contribution < 1.29 is 13.2 Å². The summed E-state index contributed by atoms with van der Waals surface area (Å²) < 4.78 is 31.1. The first-order valence-corrected chi connectivity index (χ1v) is 17.0. The van der Waals surface area contributed by atoms with Crippen LogP contribution in [0.25, 0.3) is 23.0 Å². The SMILES string of the molecule is CCCN(CCC)S(=O)(=O)c1cccc(-c2nn(-c3ccccc3)cc2C=C2SC(=S)N(C3CCCCC3)C2=O)c1. The normalized spacial score (nSPS) is 17.7. The summed E-state index contributed by atoms with van der Waals surface area (Å²) in [6, 6.07) is 16.8. The second-order valence-corrected chi connectivity index (χ2v) is 14.1. The second kappa shape index (κ2) is 13.0. The van der Waals surface area contributed by atoms with Crippen LogP contribution in [0.4, 0.5) is 0 Å². The van der Waals surface area contributed by atoms with Gasteiger partial charge in [-0.3, -0.25) is 9.69 Å². The van der Waals surface area contributed by atoms with Crippen LogP contribution in [-0.4, -0.2) is 56.8 Å². The number of aromatic nitrogens is 2. The lowest BCUT2D eigenvalue weighted by molar-refractivity contribution is -0.124. The number of rotatable bonds is 10. The molecule has 2 aliphatic rings. The Morgan fingerprint density at radius 3 is 2.41 bits per heavy atom. The minimum absolute atomic E-state index is 0.0589. The third-order valence-electron chi connectivity index (χ3n) is 7.50. The minimum Gasteiger partial charge on any atom is -0.290 e. The van der Waals surface area contributed by atoms with Crippen LogP contribution in [-0.2, 0) is 14.8 Å². The molecule has 2 aromatic carbocycles. The number of benzene rings is 2. The topological polar surface area (TPSA) is 75.5 Å². The Morgan fingerprint density at radius 1 is 1.02 bits per heavy atom. The fraction of sp³-hybridized carbons (Fsp3) is 0.387. The third kappa shape index (κ3) is 6.35. The zero-order valence-electron chi connectivity index (χ0n) is 23.5. The van der Waals surface area contributed by atoms with Crippen molar-refractivity contribution in [2.75, 3.05) is 13.1 Å². The fourth-order valence-corrected chi connectivity index (χ4v) is 8.57. The maximum atomic E-state index is 13.6. The standard InChI is InChI=1S/C31H36N4O3S3/c1-3-18-33(19-4-2)41(37,38)27-17-11-12-23(20-27)29-24(22-34(32-29)25-13-7-5-8-14-25)21-28-30(36)35(31(39)40-28)26-15-9-6-10-16-26/h5,7-8,11-14,17,20-22,26H,3-4,6,9-10,15-16,18-19H2,1-2H3. The van der Waals surface area contributed by atoms with Crippen LogP contribution in [0.3, 0.4) is 0 Å². The van der Waals surface area contributed by atoms with E-state index in [1.54, 1.807) is 32.1 Å². The molecule has 0 radical (unpaired) electrons. The van der Waals surface area contributed by atoms with Crippen molar-refractivity contribution in [1.82, 2.24) is 19.0 Å². The number of thiocarbonyl (C=S) groups is 1. The van der Waals surface area contributed by atoms with Gasteiger partial charge >= 0.3 is 0 Å². The van der Waals surface area contributed by atoms with E-state index in [1.807, 2.05) is 62.5 Å². The van der Waals surface area contributed by atoms with E-state index in [0.29, 0.717) is 33.6 Å². The molecule has 1 aliphatic carbocycles. The summed E-state index contributed by atoms with van der Waals surface area (Å²) in [6.07, 6.45) is 10.6. The Labute approximate surface area is 252 Å². The molecule has 1 saturated carbocycles. The summed E-state index contributed by atoms with van der Waals surface area (Å²) in [5.74, 6) is -0.0589. The number of hydrogen-bond acceptors (Lipinski definition) is 6. The highest BCUT2D eigenvalue weighted by Crippen LogP contribution is 2.38. The molecular formula is C31H36N4O3S3. The molecule has 7 nitrogen and oxygen atoms in total. The molecule has 1 saturated heterocycles. The number of carbonyl (C=O) groups excluding carboxylic acids is 1. The van der Waals surface area contributed by atoms with Gasteiger partial charge in [0.25, 0.3) is 5.91 Å². The number of thioether (sulfide) groups is 1. The van der Waals surface area contributed by atoms with Crippen LogP contribution in [0.2, 0.25) is 0 Å². The molecule has 216 valence electrons. The maximum absolute atomic E-state index is 13.6. The van der Waals surface area contributed by atoms with Crippen molar-refractivity contribution in [1.29, 1.82) is 0 Å². The zero-order chi connectivity index (χ0) is 29.0. The Bertz CT molecular complexity index is 1540. The van der Waals surface area contributed by atoms with E-state index in [-0.39, 0.29) is 16.8 Å². The molecule has 1 amide bonds. The molecule has 0 N–H and O–H groups in total. The number of carbonyl (C=O) groups is 1. The van der Waals surface area contributed by atoms with Gasteiger partial charge in [-0.2, -0.15) is 9.40 Å². The van der Waals surface area contributed by atoms with Gasteiger partial charge in [0.2, 0.25) is 10.0 Å². The smallest absolute Gasteiger partial charge is 0.266 e. The summed E-state index contributed by atoms with van der Waals surface area (Å²) in [5.41, 5.74) is 2.87. The number of para-hydroxylation sites is 1. The molecular weight excluding hydrogens is 573 g/mol. The van der Waals surface area contributed by atoms with Gasteiger partial charge in [0.15, 0.2) is 0 Å². The number of amides is 1. The van der Waals surface area contributed by atoms with E-state index in [0.717, 1.165) is 49.8 Å². The summed E-state index contributed by atoms with van der Waals surface area (Å²) in [4.78, 5) is 16.2. The molecule has 3 aromatic rings. The summed E-state index contributed by atoms with van der Waals surface area (Å²) in [5, 5.41) is 4.88. The molecule has 1 aromatic heterocycles. The van der Waals surface area contributed by atoms with Crippen LogP contribution in [0.5, 0.6) is 0 Å². The van der Waals surface area contributed by atoms with Crippen LogP contribution in [0.1, 0.15) is 64.4 Å². The molecule has 0 bridgehead atoms. The molecule has 0 unspecified atom stereocenters. The van der Waals surface area contributed by atoms with Crippen LogP contribution >= 0.6 is 24.0 Å². The molecule has 1 aliphatic heterocycles. The first-order valence-electron chi connectivity index (χ1n) is 14.4. The first kappa shape index (κ1) is 29.7. The van der Waals surface area contributed by atoms with E-state index in [9.17, 15) is 13.2 Å². The highest BCUT2D eigenvalue weighted by atomic mass is 32.2. The zero-order valence-corrected chi connectivity index (χ0v) is 26.0. The van der Waals surface area contributed by atoms with Gasteiger partial charge in [0.05, 0.1) is 15.5 Å². The summed E-state index contributed by atoms with van der Waals surface area (Å²) in [6.45, 7) is 4.90. The van der Waals surface area contributed by atoms with Crippen molar-refractivity contribution in [3.05, 3.63) is 71.3 Å². The van der Waals surface area contributed by atoms with Crippen LogP contribution in [0, 0.1) is 0 Å². The quantitative estimate of drug-likeness (QED) is 0.184. The fourth-order valence-electron chi connectivity index (χ4n) is 5.51. The molecule has 10 heteroatoms. The lowest BCUT2D eigenvalue weighted by atomic mass is 9.94. The second-order valence-electron chi connectivity index (χ2n) is 10.5. The average molecular weight is 609 g/mol. The highest BCUT2D eigenvalue weighted by molar-refractivity contribution is 8.26. The average Bonchev–Trinajstić information content (AvgIpc) is 3.53. The third-order valence-corrected chi connectivity index (χ3v) is 10.7. The predicted octanol–water partition coefficient (Wildman–Crippen LogP) is 6.88. The highest BCUT2D eigenvalue weighted by Gasteiger charge is 2.37. The summed E-state index contributed by atoms with van der Waals surface area (Å²) >= 11 is 6.99. The van der Waals surface area contributed by atoms with E-state index in [1.165, 1.54) is 18.2 Å². The largest absolute Gasteiger partial charge is 0.290 e. The molecule has 0 spiro atoms. The molecule has 2 fully saturated rings. The van der Waals surface area contributed by atoms with Crippen molar-refractivity contribution in [2.24, 2.45) is 0 Å². The van der Waals surface area contributed by atoms with Crippen molar-refractivity contribution >= 4 is 50.3 Å². The molecule has 5 rings (SSSR count). The van der Waals surface area contributed by atoms with E-state index in [4.69, 9.17) is 17.3 Å². The minimum atomic E-state index is -3.67. The van der Waals surface area contributed by atoms with Gasteiger partial charge in [-0.15, -0.1) is 0 Å². The lowest BCUT2D eigenvalue weighted by Gasteiger charge is -2.29. The molecule has 0 atom stereocenters. The van der Waals surface area contributed by atoms with Gasteiger partial charge in [-0.05, 0) is 56.0 Å². The summed E-state index contributed by atoms with van der Waals surface area (Å²) in [7, 11) is -3.67. The number of nitrogens with zero attached hydrogens (tertiary/aromatic N) is 4. The van der Waals surface area contributed by atoms with Gasteiger partial charge < -0.3 is 0 Å². The Balaban J connectivity index is 1.56. The van der Waals surface area contributed by atoms with Crippen LogP contribution in [0.15, 0.2) is 70.6 Å².